The number of hydrogen-bond acceptors (Lipinski definition) is 5. The summed E-state index contributed by atoms with van der Waals surface area (Å²) in [6.07, 6.45) is 0.885. The Kier molecular flexibility index (Phi) is 4.59. The molecule has 156 valence electrons. The number of nitrogens with two attached hydrogens (primary N) is 1. The van der Waals surface area contributed by atoms with E-state index >= 15 is 0 Å². The summed E-state index contributed by atoms with van der Waals surface area (Å²) in [7, 11) is 0. The SMILES string of the molecule is Cc1nc(N)c2c(-c3ccc4c(c3)CCN4C(=O)Cc3ccc(F)c(Cl)c3)[nH]nc2n1. The maximum atomic E-state index is 13.4. The maximum absolute atomic E-state index is 13.4. The van der Waals surface area contributed by atoms with E-state index in [4.69, 9.17) is 17.3 Å². The van der Waals surface area contributed by atoms with Gasteiger partial charge in [0, 0.05) is 17.8 Å². The number of halogens is 2. The number of H-pyrrole nitrogens is 1. The number of aryl methyl sites for hydroxylation is 1. The molecule has 5 rings (SSSR count). The molecule has 0 bridgehead atoms. The van der Waals surface area contributed by atoms with Gasteiger partial charge in [-0.1, -0.05) is 23.7 Å². The fraction of sp³-hybridized carbons (Fsp3) is 0.182. The summed E-state index contributed by atoms with van der Waals surface area (Å²) in [6.45, 7) is 2.35. The molecule has 0 saturated heterocycles. The van der Waals surface area contributed by atoms with Crippen molar-refractivity contribution in [3.63, 3.8) is 0 Å². The Bertz CT molecular complexity index is 1350. The van der Waals surface area contributed by atoms with E-state index in [2.05, 4.69) is 20.2 Å². The molecule has 3 heterocycles. The second-order valence-electron chi connectivity index (χ2n) is 7.52. The van der Waals surface area contributed by atoms with Crippen molar-refractivity contribution in [2.75, 3.05) is 17.2 Å². The first-order valence-electron chi connectivity index (χ1n) is 9.76. The number of nitrogen functional groups attached to an aromatic ring is 1. The minimum atomic E-state index is -0.496. The summed E-state index contributed by atoms with van der Waals surface area (Å²) in [6, 6.07) is 10.2. The normalized spacial score (nSPS) is 13.1. The second-order valence-corrected chi connectivity index (χ2v) is 7.92. The molecule has 2 aromatic carbocycles. The van der Waals surface area contributed by atoms with Gasteiger partial charge in [0.25, 0.3) is 0 Å². The number of benzene rings is 2. The van der Waals surface area contributed by atoms with E-state index in [0.717, 1.165) is 28.9 Å². The molecule has 1 amide bonds. The average molecular weight is 437 g/mol. The lowest BCUT2D eigenvalue weighted by Crippen LogP contribution is -2.30. The van der Waals surface area contributed by atoms with Crippen molar-refractivity contribution in [3.05, 3.63) is 64.2 Å². The summed E-state index contributed by atoms with van der Waals surface area (Å²) < 4.78 is 13.4. The highest BCUT2D eigenvalue weighted by Crippen LogP contribution is 2.35. The number of fused-ring (bicyclic) bond motifs is 2. The first kappa shape index (κ1) is 19.4. The van der Waals surface area contributed by atoms with Gasteiger partial charge in [0.05, 0.1) is 22.5 Å². The van der Waals surface area contributed by atoms with Gasteiger partial charge in [-0.3, -0.25) is 9.89 Å². The number of aromatic nitrogens is 4. The Morgan fingerprint density at radius 2 is 2.10 bits per heavy atom. The van der Waals surface area contributed by atoms with E-state index < -0.39 is 5.82 Å². The van der Waals surface area contributed by atoms with E-state index in [1.54, 1.807) is 17.9 Å². The van der Waals surface area contributed by atoms with Gasteiger partial charge in [0.1, 0.15) is 17.5 Å². The van der Waals surface area contributed by atoms with Crippen molar-refractivity contribution in [2.24, 2.45) is 0 Å². The van der Waals surface area contributed by atoms with Gasteiger partial charge in [-0.25, -0.2) is 14.4 Å². The largest absolute Gasteiger partial charge is 0.383 e. The third-order valence-corrected chi connectivity index (χ3v) is 5.75. The Balaban J connectivity index is 1.44. The number of rotatable bonds is 3. The molecule has 0 fully saturated rings. The molecule has 0 radical (unpaired) electrons. The Hall–Kier alpha value is -3.52. The highest BCUT2D eigenvalue weighted by Gasteiger charge is 2.26. The fourth-order valence-electron chi connectivity index (χ4n) is 4.01. The third kappa shape index (κ3) is 3.38. The van der Waals surface area contributed by atoms with Crippen LogP contribution in [-0.2, 0) is 17.6 Å². The molecule has 0 aliphatic carbocycles. The molecule has 7 nitrogen and oxygen atoms in total. The Morgan fingerprint density at radius 3 is 2.90 bits per heavy atom. The van der Waals surface area contributed by atoms with Crippen LogP contribution in [0.4, 0.5) is 15.9 Å². The monoisotopic (exact) mass is 436 g/mol. The van der Waals surface area contributed by atoms with Crippen molar-refractivity contribution in [2.45, 2.75) is 19.8 Å². The summed E-state index contributed by atoms with van der Waals surface area (Å²) in [5.74, 6) is 0.383. The van der Waals surface area contributed by atoms with Crippen LogP contribution >= 0.6 is 11.6 Å². The second kappa shape index (κ2) is 7.31. The Morgan fingerprint density at radius 1 is 1.26 bits per heavy atom. The summed E-state index contributed by atoms with van der Waals surface area (Å²) >= 11 is 5.84. The molecular weight excluding hydrogens is 419 g/mol. The molecule has 4 aromatic rings. The number of nitrogens with one attached hydrogen (secondary N) is 1. The first-order valence-corrected chi connectivity index (χ1v) is 10.1. The van der Waals surface area contributed by atoms with E-state index in [1.165, 1.54) is 12.1 Å². The van der Waals surface area contributed by atoms with E-state index in [9.17, 15) is 9.18 Å². The van der Waals surface area contributed by atoms with Crippen LogP contribution in [0.5, 0.6) is 0 Å². The average Bonchev–Trinajstić information content (AvgIpc) is 3.34. The molecule has 2 aromatic heterocycles. The minimum Gasteiger partial charge on any atom is -0.383 e. The van der Waals surface area contributed by atoms with Gasteiger partial charge in [0.2, 0.25) is 5.91 Å². The number of amides is 1. The number of aromatic amines is 1. The lowest BCUT2D eigenvalue weighted by atomic mass is 10.0. The number of anilines is 2. The highest BCUT2D eigenvalue weighted by molar-refractivity contribution is 6.30. The molecule has 3 N–H and O–H groups in total. The van der Waals surface area contributed by atoms with Gasteiger partial charge >= 0.3 is 0 Å². The van der Waals surface area contributed by atoms with Crippen molar-refractivity contribution < 1.29 is 9.18 Å². The molecule has 0 unspecified atom stereocenters. The first-order chi connectivity index (χ1) is 14.9. The zero-order chi connectivity index (χ0) is 21.7. The lowest BCUT2D eigenvalue weighted by molar-refractivity contribution is -0.117. The summed E-state index contributed by atoms with van der Waals surface area (Å²) in [5, 5.41) is 7.97. The van der Waals surface area contributed by atoms with Crippen LogP contribution in [0.2, 0.25) is 5.02 Å². The molecule has 31 heavy (non-hydrogen) atoms. The van der Waals surface area contributed by atoms with Crippen LogP contribution in [0.1, 0.15) is 17.0 Å². The van der Waals surface area contributed by atoms with Gasteiger partial charge in [-0.05, 0) is 48.7 Å². The quantitative estimate of drug-likeness (QED) is 0.508. The zero-order valence-electron chi connectivity index (χ0n) is 16.6. The zero-order valence-corrected chi connectivity index (χ0v) is 17.4. The molecule has 9 heteroatoms. The van der Waals surface area contributed by atoms with Crippen LogP contribution in [0, 0.1) is 12.7 Å². The van der Waals surface area contributed by atoms with E-state index in [0.29, 0.717) is 34.8 Å². The van der Waals surface area contributed by atoms with Crippen LogP contribution in [0.15, 0.2) is 36.4 Å². The number of nitrogens with zero attached hydrogens (tertiary/aromatic N) is 4. The topological polar surface area (TPSA) is 101 Å². The summed E-state index contributed by atoms with van der Waals surface area (Å²) in [4.78, 5) is 23.2. The molecular formula is C22H18ClFN6O. The van der Waals surface area contributed by atoms with Crippen molar-refractivity contribution >= 4 is 40.0 Å². The molecule has 1 aliphatic heterocycles. The number of carbonyl (C=O) groups excluding carboxylic acids is 1. The smallest absolute Gasteiger partial charge is 0.231 e. The maximum Gasteiger partial charge on any atom is 0.231 e. The predicted octanol–water partition coefficient (Wildman–Crippen LogP) is 3.83. The van der Waals surface area contributed by atoms with Gasteiger partial charge in [-0.15, -0.1) is 0 Å². The van der Waals surface area contributed by atoms with Crippen molar-refractivity contribution in [3.8, 4) is 11.3 Å². The van der Waals surface area contributed by atoms with Crippen LogP contribution in [0.25, 0.3) is 22.3 Å². The van der Waals surface area contributed by atoms with E-state index in [1.807, 2.05) is 18.2 Å². The number of carbonyl (C=O) groups is 1. The predicted molar refractivity (Wildman–Crippen MR) is 117 cm³/mol. The van der Waals surface area contributed by atoms with Crippen LogP contribution < -0.4 is 10.6 Å². The van der Waals surface area contributed by atoms with Crippen molar-refractivity contribution in [1.29, 1.82) is 0 Å². The standard InChI is InChI=1S/C22H18ClFN6O/c1-11-26-21(25)19-20(28-29-22(19)27-11)14-3-5-17-13(10-14)6-7-30(17)18(31)9-12-2-4-16(24)15(23)8-12/h2-5,8,10H,6-7,9H2,1H3,(H3,25,26,27,28,29). The summed E-state index contributed by atoms with van der Waals surface area (Å²) in [5.41, 5.74) is 10.9. The van der Waals surface area contributed by atoms with Gasteiger partial charge < -0.3 is 10.6 Å². The molecule has 1 aliphatic rings. The van der Waals surface area contributed by atoms with Crippen molar-refractivity contribution in [1.82, 2.24) is 20.2 Å². The van der Waals surface area contributed by atoms with E-state index in [-0.39, 0.29) is 17.4 Å². The third-order valence-electron chi connectivity index (χ3n) is 5.46. The van der Waals surface area contributed by atoms with Gasteiger partial charge in [0.15, 0.2) is 5.65 Å². The molecule has 0 atom stereocenters. The minimum absolute atomic E-state index is 0.0157. The lowest BCUT2D eigenvalue weighted by Gasteiger charge is -2.18. The van der Waals surface area contributed by atoms with Crippen LogP contribution in [-0.4, -0.2) is 32.6 Å². The molecule has 0 saturated carbocycles. The van der Waals surface area contributed by atoms with Gasteiger partial charge in [-0.2, -0.15) is 5.10 Å². The molecule has 0 spiro atoms. The number of hydrogen-bond donors (Lipinski definition) is 2. The fourth-order valence-corrected chi connectivity index (χ4v) is 4.21. The van der Waals surface area contributed by atoms with Crippen LogP contribution in [0.3, 0.4) is 0 Å². The Labute approximate surface area is 182 Å². The highest BCUT2D eigenvalue weighted by atomic mass is 35.5.